The van der Waals surface area contributed by atoms with Crippen molar-refractivity contribution in [1.29, 1.82) is 0 Å². The lowest BCUT2D eigenvalue weighted by Crippen LogP contribution is -1.97. The second kappa shape index (κ2) is 5.73. The molecular formula is C16H12FNO3S. The quantitative estimate of drug-likeness (QED) is 0.695. The summed E-state index contributed by atoms with van der Waals surface area (Å²) < 4.78 is 19.9. The Hall–Kier alpha value is -2.47. The van der Waals surface area contributed by atoms with Crippen molar-refractivity contribution < 1.29 is 19.0 Å². The van der Waals surface area contributed by atoms with Crippen molar-refractivity contribution in [2.45, 2.75) is 4.90 Å². The molecule has 1 aromatic heterocycles. The van der Waals surface area contributed by atoms with E-state index in [1.165, 1.54) is 30.0 Å². The van der Waals surface area contributed by atoms with E-state index >= 15 is 0 Å². The van der Waals surface area contributed by atoms with Crippen molar-refractivity contribution in [3.05, 3.63) is 54.0 Å². The summed E-state index contributed by atoms with van der Waals surface area (Å²) in [5.74, 6) is -1.18. The van der Waals surface area contributed by atoms with Gasteiger partial charge in [-0.2, -0.15) is 0 Å². The van der Waals surface area contributed by atoms with Gasteiger partial charge < -0.3 is 14.8 Å². The molecule has 0 aliphatic rings. The average Bonchev–Trinajstić information content (AvgIpc) is 2.96. The number of ether oxygens (including phenoxy) is 1. The lowest BCUT2D eigenvalue weighted by molar-refractivity contribution is 0.0696. The van der Waals surface area contributed by atoms with Gasteiger partial charge in [0.1, 0.15) is 5.75 Å². The minimum atomic E-state index is -1.06. The standard InChI is InChI=1S/C16H12FNO3S/c1-22-15-11-5-6-18-13(11)8-12(17)14(15)21-10-4-2-3-9(7-10)16(19)20/h2-8,18H,1H3,(H,19,20). The zero-order valence-corrected chi connectivity index (χ0v) is 12.4. The normalized spacial score (nSPS) is 10.8. The molecule has 2 aromatic carbocycles. The molecule has 3 rings (SSSR count). The number of halogens is 1. The van der Waals surface area contributed by atoms with E-state index in [1.807, 2.05) is 12.3 Å². The summed E-state index contributed by atoms with van der Waals surface area (Å²) in [5.41, 5.74) is 0.778. The molecule has 4 nitrogen and oxygen atoms in total. The maximum Gasteiger partial charge on any atom is 0.335 e. The van der Waals surface area contributed by atoms with Crippen molar-refractivity contribution in [2.24, 2.45) is 0 Å². The number of aromatic amines is 1. The number of H-pyrrole nitrogens is 1. The number of benzene rings is 2. The predicted molar refractivity (Wildman–Crippen MR) is 83.5 cm³/mol. The number of carbonyl (C=O) groups is 1. The van der Waals surface area contributed by atoms with Crippen LogP contribution < -0.4 is 4.74 Å². The first kappa shape index (κ1) is 14.5. The minimum Gasteiger partial charge on any atom is -0.478 e. The summed E-state index contributed by atoms with van der Waals surface area (Å²) in [5, 5.41) is 9.87. The third-order valence-corrected chi connectivity index (χ3v) is 4.04. The van der Waals surface area contributed by atoms with E-state index in [0.29, 0.717) is 10.4 Å². The van der Waals surface area contributed by atoms with Crippen LogP contribution in [0.2, 0.25) is 0 Å². The Morgan fingerprint density at radius 2 is 2.14 bits per heavy atom. The SMILES string of the molecule is CSc1c(Oc2cccc(C(=O)O)c2)c(F)cc2[nH]ccc12. The van der Waals surface area contributed by atoms with Crippen LogP contribution in [0.3, 0.4) is 0 Å². The number of aromatic nitrogens is 1. The van der Waals surface area contributed by atoms with Crippen LogP contribution in [0.25, 0.3) is 10.9 Å². The van der Waals surface area contributed by atoms with Gasteiger partial charge in [0.2, 0.25) is 0 Å². The van der Waals surface area contributed by atoms with Gasteiger partial charge in [-0.05, 0) is 30.5 Å². The Balaban J connectivity index is 2.08. The molecule has 0 spiro atoms. The first-order valence-electron chi connectivity index (χ1n) is 6.45. The maximum absolute atomic E-state index is 14.3. The van der Waals surface area contributed by atoms with Crippen LogP contribution in [0.1, 0.15) is 10.4 Å². The third-order valence-electron chi connectivity index (χ3n) is 3.22. The van der Waals surface area contributed by atoms with Gasteiger partial charge >= 0.3 is 5.97 Å². The summed E-state index contributed by atoms with van der Waals surface area (Å²) in [6.07, 6.45) is 3.57. The van der Waals surface area contributed by atoms with E-state index < -0.39 is 11.8 Å². The van der Waals surface area contributed by atoms with E-state index in [9.17, 15) is 9.18 Å². The van der Waals surface area contributed by atoms with Gasteiger partial charge in [0.15, 0.2) is 11.6 Å². The molecule has 0 saturated heterocycles. The summed E-state index contributed by atoms with van der Waals surface area (Å²) >= 11 is 1.37. The molecule has 0 fully saturated rings. The Bertz CT molecular complexity index is 860. The first-order chi connectivity index (χ1) is 10.6. The van der Waals surface area contributed by atoms with Crippen LogP contribution in [0.15, 0.2) is 47.5 Å². The Kier molecular flexibility index (Phi) is 3.77. The third kappa shape index (κ3) is 2.53. The van der Waals surface area contributed by atoms with Gasteiger partial charge in [-0.15, -0.1) is 11.8 Å². The molecule has 0 aliphatic carbocycles. The fourth-order valence-electron chi connectivity index (χ4n) is 2.23. The van der Waals surface area contributed by atoms with E-state index in [0.717, 1.165) is 5.39 Å². The van der Waals surface area contributed by atoms with E-state index in [-0.39, 0.29) is 17.1 Å². The van der Waals surface area contributed by atoms with Crippen molar-refractivity contribution in [2.75, 3.05) is 6.26 Å². The summed E-state index contributed by atoms with van der Waals surface area (Å²) in [6, 6.07) is 9.19. The second-order valence-corrected chi connectivity index (χ2v) is 5.41. The predicted octanol–water partition coefficient (Wildman–Crippen LogP) is 4.52. The lowest BCUT2D eigenvalue weighted by atomic mass is 10.2. The number of nitrogens with one attached hydrogen (secondary N) is 1. The Morgan fingerprint density at radius 1 is 1.32 bits per heavy atom. The van der Waals surface area contributed by atoms with Crippen LogP contribution in [0.4, 0.5) is 4.39 Å². The molecule has 3 aromatic rings. The molecule has 22 heavy (non-hydrogen) atoms. The number of hydrogen-bond acceptors (Lipinski definition) is 3. The van der Waals surface area contributed by atoms with Gasteiger partial charge in [-0.3, -0.25) is 0 Å². The first-order valence-corrected chi connectivity index (χ1v) is 7.67. The number of hydrogen-bond donors (Lipinski definition) is 2. The molecule has 0 radical (unpaired) electrons. The topological polar surface area (TPSA) is 62.3 Å². The number of rotatable bonds is 4. The number of carboxylic acid groups (broad SMARTS) is 1. The van der Waals surface area contributed by atoms with Gasteiger partial charge in [-0.1, -0.05) is 6.07 Å². The molecule has 2 N–H and O–H groups in total. The second-order valence-electron chi connectivity index (χ2n) is 4.59. The Morgan fingerprint density at radius 3 is 2.86 bits per heavy atom. The lowest BCUT2D eigenvalue weighted by Gasteiger charge is -2.12. The molecule has 6 heteroatoms. The highest BCUT2D eigenvalue weighted by atomic mass is 32.2. The number of carboxylic acids is 1. The highest BCUT2D eigenvalue weighted by molar-refractivity contribution is 7.99. The zero-order valence-electron chi connectivity index (χ0n) is 11.6. The summed E-state index contributed by atoms with van der Waals surface area (Å²) in [6.45, 7) is 0. The molecular weight excluding hydrogens is 305 g/mol. The van der Waals surface area contributed by atoms with E-state index in [2.05, 4.69) is 4.98 Å². The molecule has 0 bridgehead atoms. The van der Waals surface area contributed by atoms with Gasteiger partial charge in [0.05, 0.1) is 10.5 Å². The average molecular weight is 317 g/mol. The van der Waals surface area contributed by atoms with Gasteiger partial charge in [0.25, 0.3) is 0 Å². The summed E-state index contributed by atoms with van der Waals surface area (Å²) in [4.78, 5) is 14.6. The van der Waals surface area contributed by atoms with Gasteiger partial charge in [0, 0.05) is 23.2 Å². The van der Waals surface area contributed by atoms with Crippen LogP contribution in [0.5, 0.6) is 11.5 Å². The molecule has 0 atom stereocenters. The monoisotopic (exact) mass is 317 g/mol. The van der Waals surface area contributed by atoms with E-state index in [1.54, 1.807) is 18.3 Å². The van der Waals surface area contributed by atoms with Crippen molar-refractivity contribution in [3.63, 3.8) is 0 Å². The molecule has 112 valence electrons. The molecule has 0 unspecified atom stereocenters. The largest absolute Gasteiger partial charge is 0.478 e. The highest BCUT2D eigenvalue weighted by Gasteiger charge is 2.16. The van der Waals surface area contributed by atoms with Crippen molar-refractivity contribution >= 4 is 28.6 Å². The highest BCUT2D eigenvalue weighted by Crippen LogP contribution is 2.39. The molecule has 1 heterocycles. The van der Waals surface area contributed by atoms with Gasteiger partial charge in [-0.25, -0.2) is 9.18 Å². The number of aromatic carboxylic acids is 1. The van der Waals surface area contributed by atoms with Crippen molar-refractivity contribution in [1.82, 2.24) is 4.98 Å². The van der Waals surface area contributed by atoms with Crippen molar-refractivity contribution in [3.8, 4) is 11.5 Å². The zero-order chi connectivity index (χ0) is 15.7. The molecule has 0 aliphatic heterocycles. The maximum atomic E-state index is 14.3. The fraction of sp³-hybridized carbons (Fsp3) is 0.0625. The van der Waals surface area contributed by atoms with Crippen LogP contribution in [0, 0.1) is 5.82 Å². The Labute approximate surface area is 129 Å². The fourth-order valence-corrected chi connectivity index (χ4v) is 2.95. The summed E-state index contributed by atoms with van der Waals surface area (Å²) in [7, 11) is 0. The van der Waals surface area contributed by atoms with Crippen LogP contribution >= 0.6 is 11.8 Å². The van der Waals surface area contributed by atoms with Crippen LogP contribution in [-0.4, -0.2) is 22.3 Å². The molecule has 0 amide bonds. The molecule has 0 saturated carbocycles. The minimum absolute atomic E-state index is 0.0892. The van der Waals surface area contributed by atoms with E-state index in [4.69, 9.17) is 9.84 Å². The number of fused-ring (bicyclic) bond motifs is 1. The smallest absolute Gasteiger partial charge is 0.335 e. The number of thioether (sulfide) groups is 1. The van der Waals surface area contributed by atoms with Crippen LogP contribution in [-0.2, 0) is 0 Å².